The Kier molecular flexibility index (Phi) is 3.92. The molecule has 6 heteroatoms. The second-order valence-corrected chi connectivity index (χ2v) is 8.06. The Morgan fingerprint density at radius 2 is 1.90 bits per heavy atom. The minimum absolute atomic E-state index is 0.0563. The van der Waals surface area contributed by atoms with E-state index in [0.717, 1.165) is 35.2 Å². The van der Waals surface area contributed by atoms with Crippen molar-refractivity contribution in [3.63, 3.8) is 0 Å². The van der Waals surface area contributed by atoms with Crippen molar-refractivity contribution in [2.45, 2.75) is 16.6 Å². The topological polar surface area (TPSA) is 40.6 Å². The molecule has 0 N–H and O–H groups in total. The molecule has 2 aliphatic rings. The molecule has 21 heavy (non-hydrogen) atoms. The molecular weight excluding hydrogens is 304 g/mol. The fourth-order valence-corrected chi connectivity index (χ4v) is 4.96. The lowest BCUT2D eigenvalue weighted by Gasteiger charge is -2.40. The quantitative estimate of drug-likeness (QED) is 0.743. The highest BCUT2D eigenvalue weighted by atomic mass is 32.2. The van der Waals surface area contributed by atoms with Crippen molar-refractivity contribution in [3.8, 4) is 0 Å². The van der Waals surface area contributed by atoms with Crippen molar-refractivity contribution in [2.24, 2.45) is 0 Å². The summed E-state index contributed by atoms with van der Waals surface area (Å²) in [6, 6.07) is 7.75. The van der Waals surface area contributed by atoms with E-state index < -0.39 is 4.75 Å². The number of carbonyl (C=O) groups is 2. The smallest absolute Gasteiger partial charge is 0.252 e. The summed E-state index contributed by atoms with van der Waals surface area (Å²) in [4.78, 5) is 30.1. The molecule has 0 bridgehead atoms. The number of carbonyl (C=O) groups excluding carboxylic acids is 2. The maximum Gasteiger partial charge on any atom is 0.252 e. The number of fused-ring (bicyclic) bond motifs is 1. The molecule has 2 aliphatic heterocycles. The third-order valence-corrected chi connectivity index (χ3v) is 6.22. The molecule has 1 fully saturated rings. The van der Waals surface area contributed by atoms with Gasteiger partial charge < -0.3 is 9.80 Å². The zero-order chi connectivity index (χ0) is 15.0. The number of anilines is 1. The molecule has 4 nitrogen and oxygen atoms in total. The minimum atomic E-state index is -1.05. The normalized spacial score (nSPS) is 25.7. The summed E-state index contributed by atoms with van der Waals surface area (Å²) < 4.78 is -1.05. The van der Waals surface area contributed by atoms with Gasteiger partial charge in [-0.2, -0.15) is 11.8 Å². The average Bonchev–Trinajstić information content (AvgIpc) is 2.53. The van der Waals surface area contributed by atoms with Crippen molar-refractivity contribution in [1.29, 1.82) is 0 Å². The van der Waals surface area contributed by atoms with Crippen LogP contribution in [0.5, 0.6) is 0 Å². The second-order valence-electron chi connectivity index (χ2n) is 5.37. The summed E-state index contributed by atoms with van der Waals surface area (Å²) in [7, 11) is 1.75. The monoisotopic (exact) mass is 322 g/mol. The minimum Gasteiger partial charge on any atom is -0.339 e. The largest absolute Gasteiger partial charge is 0.339 e. The number of hydrogen-bond donors (Lipinski definition) is 0. The Hall–Kier alpha value is -1.14. The first-order valence-electron chi connectivity index (χ1n) is 6.97. The zero-order valence-corrected chi connectivity index (χ0v) is 13.8. The van der Waals surface area contributed by atoms with Crippen molar-refractivity contribution in [2.75, 3.05) is 36.5 Å². The Bertz CT molecular complexity index is 587. The highest BCUT2D eigenvalue weighted by Gasteiger charge is 2.50. The van der Waals surface area contributed by atoms with Gasteiger partial charge in [0.15, 0.2) is 4.75 Å². The first-order chi connectivity index (χ1) is 10.0. The number of thioether (sulfide) groups is 2. The number of hydrogen-bond acceptors (Lipinski definition) is 4. The van der Waals surface area contributed by atoms with E-state index in [1.54, 1.807) is 18.9 Å². The predicted octanol–water partition coefficient (Wildman–Crippen LogP) is 2.09. The van der Waals surface area contributed by atoms with Crippen LogP contribution < -0.4 is 4.90 Å². The van der Waals surface area contributed by atoms with Crippen LogP contribution in [0.15, 0.2) is 29.2 Å². The van der Waals surface area contributed by atoms with Crippen LogP contribution in [0.1, 0.15) is 6.92 Å². The molecule has 0 saturated carbocycles. The Morgan fingerprint density at radius 3 is 2.62 bits per heavy atom. The standard InChI is InChI=1S/C15H18N2O2S2/c1-15(14(19)17-7-9-20-10-8-17)13(18)16(2)11-5-3-4-6-12(11)21-15/h3-6H,7-10H2,1-2H3/t15-/m0/s1. The Morgan fingerprint density at radius 1 is 1.24 bits per heavy atom. The number of benzene rings is 1. The molecule has 0 aromatic heterocycles. The molecule has 1 aromatic rings. The van der Waals surface area contributed by atoms with Crippen LogP contribution in [-0.2, 0) is 9.59 Å². The molecule has 2 heterocycles. The maximum atomic E-state index is 12.9. The van der Waals surface area contributed by atoms with E-state index in [9.17, 15) is 9.59 Å². The van der Waals surface area contributed by atoms with Crippen molar-refractivity contribution >= 4 is 41.0 Å². The predicted molar refractivity (Wildman–Crippen MR) is 88.0 cm³/mol. The van der Waals surface area contributed by atoms with Crippen LogP contribution in [0.2, 0.25) is 0 Å². The van der Waals surface area contributed by atoms with E-state index in [4.69, 9.17) is 0 Å². The van der Waals surface area contributed by atoms with Crippen molar-refractivity contribution < 1.29 is 9.59 Å². The van der Waals surface area contributed by atoms with Gasteiger partial charge in [-0.15, -0.1) is 0 Å². The van der Waals surface area contributed by atoms with Crippen molar-refractivity contribution in [3.05, 3.63) is 24.3 Å². The average molecular weight is 322 g/mol. The van der Waals surface area contributed by atoms with Gasteiger partial charge in [0, 0.05) is 36.5 Å². The maximum absolute atomic E-state index is 12.9. The zero-order valence-electron chi connectivity index (χ0n) is 12.2. The highest BCUT2D eigenvalue weighted by Crippen LogP contribution is 2.45. The third kappa shape index (κ3) is 2.44. The molecule has 112 valence electrons. The third-order valence-electron chi connectivity index (χ3n) is 3.96. The summed E-state index contributed by atoms with van der Waals surface area (Å²) >= 11 is 3.24. The van der Waals surface area contributed by atoms with Gasteiger partial charge in [-0.3, -0.25) is 9.59 Å². The van der Waals surface area contributed by atoms with E-state index in [2.05, 4.69) is 0 Å². The number of rotatable bonds is 1. The van der Waals surface area contributed by atoms with Gasteiger partial charge in [0.05, 0.1) is 5.69 Å². The molecular formula is C15H18N2O2S2. The van der Waals surface area contributed by atoms with E-state index in [-0.39, 0.29) is 11.8 Å². The van der Waals surface area contributed by atoms with Gasteiger partial charge in [0.1, 0.15) is 0 Å². The molecule has 1 aromatic carbocycles. The van der Waals surface area contributed by atoms with Crippen LogP contribution >= 0.6 is 23.5 Å². The van der Waals surface area contributed by atoms with E-state index in [1.807, 2.05) is 40.9 Å². The Labute approximate surface area is 133 Å². The molecule has 0 radical (unpaired) electrons. The lowest BCUT2D eigenvalue weighted by Crippen LogP contribution is -2.57. The summed E-state index contributed by atoms with van der Waals surface area (Å²) in [5, 5.41) is 0. The molecule has 0 aliphatic carbocycles. The van der Waals surface area contributed by atoms with Crippen molar-refractivity contribution in [1.82, 2.24) is 4.90 Å². The van der Waals surface area contributed by atoms with E-state index in [0.29, 0.717) is 0 Å². The molecule has 0 unspecified atom stereocenters. The lowest BCUT2D eigenvalue weighted by molar-refractivity contribution is -0.138. The summed E-state index contributed by atoms with van der Waals surface area (Å²) in [5.74, 6) is 1.72. The second kappa shape index (κ2) is 5.57. The lowest BCUT2D eigenvalue weighted by atomic mass is 10.1. The first kappa shape index (κ1) is 14.8. The summed E-state index contributed by atoms with van der Waals surface area (Å²) in [5.41, 5.74) is 0.881. The molecule has 1 atom stereocenters. The fraction of sp³-hybridized carbons (Fsp3) is 0.467. The Balaban J connectivity index is 1.94. The van der Waals surface area contributed by atoms with Gasteiger partial charge >= 0.3 is 0 Å². The molecule has 3 rings (SSSR count). The summed E-state index contributed by atoms with van der Waals surface area (Å²) in [6.07, 6.45) is 0. The van der Waals surface area contributed by atoms with Gasteiger partial charge in [-0.25, -0.2) is 0 Å². The van der Waals surface area contributed by atoms with Gasteiger partial charge in [0.25, 0.3) is 5.91 Å². The molecule has 0 spiro atoms. The van der Waals surface area contributed by atoms with Crippen LogP contribution in [0.4, 0.5) is 5.69 Å². The van der Waals surface area contributed by atoms with Crippen LogP contribution in [0, 0.1) is 0 Å². The first-order valence-corrected chi connectivity index (χ1v) is 8.94. The van der Waals surface area contributed by atoms with E-state index in [1.165, 1.54) is 11.8 Å². The van der Waals surface area contributed by atoms with Crippen LogP contribution in [-0.4, -0.2) is 53.1 Å². The molecule has 2 amide bonds. The van der Waals surface area contributed by atoms with Gasteiger partial charge in [-0.1, -0.05) is 23.9 Å². The summed E-state index contributed by atoms with van der Waals surface area (Å²) in [6.45, 7) is 3.23. The number of amides is 2. The van der Waals surface area contributed by atoms with Crippen LogP contribution in [0.25, 0.3) is 0 Å². The number of nitrogens with zero attached hydrogens (tertiary/aromatic N) is 2. The highest BCUT2D eigenvalue weighted by molar-refractivity contribution is 8.02. The van der Waals surface area contributed by atoms with Gasteiger partial charge in [-0.05, 0) is 19.1 Å². The van der Waals surface area contributed by atoms with Crippen LogP contribution in [0.3, 0.4) is 0 Å². The van der Waals surface area contributed by atoms with E-state index >= 15 is 0 Å². The number of para-hydroxylation sites is 1. The fourth-order valence-electron chi connectivity index (χ4n) is 2.72. The van der Waals surface area contributed by atoms with Gasteiger partial charge in [0.2, 0.25) is 5.91 Å². The molecule has 1 saturated heterocycles. The SMILES string of the molecule is CN1C(=O)[C@@](C)(C(=O)N2CCSCC2)Sc2ccccc21.